The Morgan fingerprint density at radius 2 is 1.85 bits per heavy atom. The van der Waals surface area contributed by atoms with Crippen LogP contribution in [0, 0.1) is 22.7 Å². The highest BCUT2D eigenvalue weighted by Crippen LogP contribution is 2.66. The molecule has 0 aromatic heterocycles. The van der Waals surface area contributed by atoms with Crippen LogP contribution in [0.2, 0.25) is 0 Å². The van der Waals surface area contributed by atoms with Crippen molar-refractivity contribution in [1.29, 1.82) is 0 Å². The maximum absolute atomic E-state index is 13.2. The van der Waals surface area contributed by atoms with E-state index >= 15 is 0 Å². The van der Waals surface area contributed by atoms with Gasteiger partial charge in [-0.25, -0.2) is 4.79 Å². The largest absolute Gasteiger partial charge is 0.447 e. The van der Waals surface area contributed by atoms with Crippen LogP contribution in [-0.2, 0) is 14.3 Å². The first-order valence-corrected chi connectivity index (χ1v) is 12.2. The molecule has 0 spiro atoms. The van der Waals surface area contributed by atoms with Gasteiger partial charge in [-0.05, 0) is 86.8 Å². The van der Waals surface area contributed by atoms with Gasteiger partial charge < -0.3 is 9.84 Å². The molecule has 34 heavy (non-hydrogen) atoms. The van der Waals surface area contributed by atoms with Crippen LogP contribution in [-0.4, -0.2) is 34.3 Å². The van der Waals surface area contributed by atoms with Crippen molar-refractivity contribution in [3.05, 3.63) is 70.8 Å². The molecule has 0 amide bonds. The van der Waals surface area contributed by atoms with Gasteiger partial charge >= 0.3 is 5.97 Å². The normalized spacial score (nSPS) is 38.6. The molecule has 1 N–H and O–H groups in total. The van der Waals surface area contributed by atoms with E-state index in [2.05, 4.69) is 13.8 Å². The van der Waals surface area contributed by atoms with Crippen LogP contribution >= 0.6 is 0 Å². The number of fused-ring (bicyclic) bond motifs is 4. The number of allylic oxidation sites excluding steroid dienone is 5. The molecule has 5 heteroatoms. The third-order valence-electron chi connectivity index (χ3n) is 9.13. The zero-order valence-corrected chi connectivity index (χ0v) is 20.3. The number of aliphatic hydroxyl groups is 1. The van der Waals surface area contributed by atoms with Crippen molar-refractivity contribution in [3.8, 4) is 0 Å². The minimum atomic E-state index is -1.29. The van der Waals surface area contributed by atoms with Crippen LogP contribution in [0.1, 0.15) is 63.7 Å². The molecule has 5 rings (SSSR count). The summed E-state index contributed by atoms with van der Waals surface area (Å²) in [4.78, 5) is 38.5. The summed E-state index contributed by atoms with van der Waals surface area (Å²) in [6, 6.07) is 8.76. The number of carbonyl (C=O) groups excluding carboxylic acids is 3. The van der Waals surface area contributed by atoms with Gasteiger partial charge in [0.25, 0.3) is 0 Å². The first-order chi connectivity index (χ1) is 16.0. The Morgan fingerprint density at radius 1 is 1.15 bits per heavy atom. The summed E-state index contributed by atoms with van der Waals surface area (Å²) >= 11 is 0. The summed E-state index contributed by atoms with van der Waals surface area (Å²) in [7, 11) is 0. The van der Waals surface area contributed by atoms with Crippen molar-refractivity contribution in [3.63, 3.8) is 0 Å². The second kappa shape index (κ2) is 7.61. The lowest BCUT2D eigenvalue weighted by molar-refractivity contribution is -0.153. The second-order valence-corrected chi connectivity index (χ2v) is 10.9. The Morgan fingerprint density at radius 3 is 2.53 bits per heavy atom. The van der Waals surface area contributed by atoms with Crippen LogP contribution in [0.25, 0.3) is 0 Å². The summed E-state index contributed by atoms with van der Waals surface area (Å²) in [6.45, 7) is 7.72. The average molecular weight is 461 g/mol. The predicted octanol–water partition coefficient (Wildman–Crippen LogP) is 4.76. The third-order valence-corrected chi connectivity index (χ3v) is 9.13. The number of esters is 1. The lowest BCUT2D eigenvalue weighted by Gasteiger charge is -2.55. The van der Waals surface area contributed by atoms with Gasteiger partial charge in [-0.15, -0.1) is 0 Å². The molecular weight excluding hydrogens is 428 g/mol. The predicted molar refractivity (Wildman–Crippen MR) is 128 cm³/mol. The number of aliphatic hydroxyl groups excluding tert-OH is 1. The van der Waals surface area contributed by atoms with Crippen LogP contribution < -0.4 is 0 Å². The molecule has 6 atom stereocenters. The zero-order valence-electron chi connectivity index (χ0n) is 20.3. The van der Waals surface area contributed by atoms with Gasteiger partial charge in [-0.1, -0.05) is 43.7 Å². The highest BCUT2D eigenvalue weighted by atomic mass is 16.6. The van der Waals surface area contributed by atoms with Crippen molar-refractivity contribution in [1.82, 2.24) is 0 Å². The molecule has 2 unspecified atom stereocenters. The maximum atomic E-state index is 13.2. The zero-order chi connectivity index (χ0) is 24.5. The van der Waals surface area contributed by atoms with E-state index in [1.807, 2.05) is 19.1 Å². The summed E-state index contributed by atoms with van der Waals surface area (Å²) in [6.07, 6.45) is 6.69. The second-order valence-electron chi connectivity index (χ2n) is 10.9. The number of hydrogen-bond donors (Lipinski definition) is 1. The Bertz CT molecular complexity index is 1170. The lowest BCUT2D eigenvalue weighted by atomic mass is 9.51. The van der Waals surface area contributed by atoms with Crippen LogP contribution in [0.15, 0.2) is 65.3 Å². The summed E-state index contributed by atoms with van der Waals surface area (Å²) in [5.41, 5.74) is 1.09. The van der Waals surface area contributed by atoms with Gasteiger partial charge in [0.05, 0.1) is 11.7 Å². The molecule has 0 saturated heterocycles. The molecule has 1 fully saturated rings. The van der Waals surface area contributed by atoms with Gasteiger partial charge in [0, 0.05) is 10.8 Å². The SMILES string of the molecule is CC(=O)[C@@]1(OC(=O)c2ccccc2)CC[C@H]2C3=C(C(O)C[C@@]21C)[C@@]1(C)C=CC(=O)C=C1C(C)C3. The van der Waals surface area contributed by atoms with Crippen LogP contribution in [0.4, 0.5) is 0 Å². The fraction of sp³-hybridized carbons (Fsp3) is 0.483. The molecule has 1 aromatic carbocycles. The van der Waals surface area contributed by atoms with Crippen molar-refractivity contribution < 1.29 is 24.2 Å². The topological polar surface area (TPSA) is 80.7 Å². The highest BCUT2D eigenvalue weighted by molar-refractivity contribution is 6.01. The molecular formula is C29H32O5. The molecule has 1 aromatic rings. The molecule has 5 nitrogen and oxygen atoms in total. The number of rotatable bonds is 3. The maximum Gasteiger partial charge on any atom is 0.339 e. The fourth-order valence-electron chi connectivity index (χ4n) is 7.58. The Balaban J connectivity index is 1.60. The number of benzene rings is 1. The van der Waals surface area contributed by atoms with E-state index in [1.54, 1.807) is 36.4 Å². The molecule has 0 aliphatic heterocycles. The first-order valence-electron chi connectivity index (χ1n) is 12.2. The molecule has 178 valence electrons. The molecule has 4 aliphatic carbocycles. The third kappa shape index (κ3) is 2.99. The smallest absolute Gasteiger partial charge is 0.339 e. The Hall–Kier alpha value is -2.79. The Labute approximate surface area is 200 Å². The van der Waals surface area contributed by atoms with Crippen LogP contribution in [0.3, 0.4) is 0 Å². The standard InChI is InChI=1S/C29H32O5/c1-17-14-21-22-11-13-29(18(2)30,34-26(33)19-8-6-5-7-9-19)28(22,4)16-24(32)25(21)27(3)12-10-20(31)15-23(17)27/h5-10,12,15,17,22,24,32H,11,13-14,16H2,1-4H3/t17?,22-,24?,27-,28-,29-/m0/s1. The molecule has 4 aliphatic rings. The van der Waals surface area contributed by atoms with E-state index in [9.17, 15) is 19.5 Å². The first kappa shape index (κ1) is 23.0. The highest BCUT2D eigenvalue weighted by Gasteiger charge is 2.67. The van der Waals surface area contributed by atoms with Crippen molar-refractivity contribution in [2.45, 2.75) is 65.1 Å². The van der Waals surface area contributed by atoms with Crippen molar-refractivity contribution in [2.75, 3.05) is 0 Å². The van der Waals surface area contributed by atoms with E-state index in [1.165, 1.54) is 12.5 Å². The number of Topliss-reactive ketones (excluding diaryl/α,β-unsaturated/α-hetero) is 1. The lowest BCUT2D eigenvalue weighted by Crippen LogP contribution is -2.57. The number of carbonyl (C=O) groups is 3. The summed E-state index contributed by atoms with van der Waals surface area (Å²) < 4.78 is 6.13. The van der Waals surface area contributed by atoms with Crippen molar-refractivity contribution >= 4 is 17.5 Å². The van der Waals surface area contributed by atoms with E-state index < -0.39 is 28.5 Å². The minimum absolute atomic E-state index is 0.0113. The van der Waals surface area contributed by atoms with Gasteiger partial charge in [-0.2, -0.15) is 0 Å². The summed E-state index contributed by atoms with van der Waals surface area (Å²) in [5.74, 6) is -0.522. The van der Waals surface area contributed by atoms with Crippen LogP contribution in [0.5, 0.6) is 0 Å². The number of ketones is 2. The van der Waals surface area contributed by atoms with E-state index in [-0.39, 0.29) is 23.4 Å². The molecule has 0 radical (unpaired) electrons. The number of hydrogen-bond acceptors (Lipinski definition) is 5. The van der Waals surface area contributed by atoms with Gasteiger partial charge in [-0.3, -0.25) is 9.59 Å². The quantitative estimate of drug-likeness (QED) is 0.520. The number of ether oxygens (including phenoxy) is 1. The molecule has 0 heterocycles. The van der Waals surface area contributed by atoms with Gasteiger partial charge in [0.2, 0.25) is 0 Å². The van der Waals surface area contributed by atoms with E-state index in [0.717, 1.165) is 17.6 Å². The monoisotopic (exact) mass is 460 g/mol. The van der Waals surface area contributed by atoms with E-state index in [0.29, 0.717) is 24.8 Å². The van der Waals surface area contributed by atoms with Gasteiger partial charge in [0.1, 0.15) is 0 Å². The molecule has 0 bridgehead atoms. The van der Waals surface area contributed by atoms with Gasteiger partial charge in [0.15, 0.2) is 17.2 Å². The fourth-order valence-corrected chi connectivity index (χ4v) is 7.58. The minimum Gasteiger partial charge on any atom is -0.447 e. The Kier molecular flexibility index (Phi) is 5.14. The molecule has 1 saturated carbocycles. The average Bonchev–Trinajstić information content (AvgIpc) is 3.08. The van der Waals surface area contributed by atoms with Crippen molar-refractivity contribution in [2.24, 2.45) is 22.7 Å². The van der Waals surface area contributed by atoms with E-state index in [4.69, 9.17) is 4.74 Å². The summed E-state index contributed by atoms with van der Waals surface area (Å²) in [5, 5.41) is 11.6.